The van der Waals surface area contributed by atoms with Crippen molar-refractivity contribution in [3.05, 3.63) is 35.9 Å². The van der Waals surface area contributed by atoms with Gasteiger partial charge in [-0.2, -0.15) is 0 Å². The molecule has 0 aliphatic carbocycles. The summed E-state index contributed by atoms with van der Waals surface area (Å²) in [5.41, 5.74) is 0.813. The smallest absolute Gasteiger partial charge is 0.238 e. The Morgan fingerprint density at radius 2 is 1.75 bits per heavy atom. The van der Waals surface area contributed by atoms with E-state index in [1.165, 1.54) is 0 Å². The summed E-state index contributed by atoms with van der Waals surface area (Å²) in [6, 6.07) is 9.27. The van der Waals surface area contributed by atoms with E-state index >= 15 is 0 Å². The number of hydrogen-bond acceptors (Lipinski definition) is 2. The maximum atomic E-state index is 12.3. The Kier molecular flexibility index (Phi) is 3.51. The number of halogens is 2. The lowest BCUT2D eigenvalue weighted by Crippen LogP contribution is -2.27. The van der Waals surface area contributed by atoms with E-state index in [2.05, 4.69) is 0 Å². The summed E-state index contributed by atoms with van der Waals surface area (Å²) in [4.78, 5) is 0. The molecule has 1 aromatic carbocycles. The van der Waals surface area contributed by atoms with E-state index < -0.39 is 12.2 Å². The zero-order valence-electron chi connectivity index (χ0n) is 8.86. The average molecular weight is 228 g/mol. The minimum atomic E-state index is -2.33. The Balaban J connectivity index is 2.16. The SMILES string of the molecule is FC(F)CCC1(c2ccccc2)OCCO1. The van der Waals surface area contributed by atoms with Crippen LogP contribution in [0.2, 0.25) is 0 Å². The predicted molar refractivity (Wildman–Crippen MR) is 55.3 cm³/mol. The van der Waals surface area contributed by atoms with Crippen LogP contribution in [0, 0.1) is 0 Å². The van der Waals surface area contributed by atoms with Gasteiger partial charge in [0.15, 0.2) is 5.79 Å². The Bertz CT molecular complexity index is 321. The zero-order chi connectivity index (χ0) is 11.4. The van der Waals surface area contributed by atoms with Crippen molar-refractivity contribution in [1.29, 1.82) is 0 Å². The second-order valence-corrected chi connectivity index (χ2v) is 3.75. The Morgan fingerprint density at radius 1 is 1.12 bits per heavy atom. The number of hydrogen-bond donors (Lipinski definition) is 0. The van der Waals surface area contributed by atoms with Crippen molar-refractivity contribution in [1.82, 2.24) is 0 Å². The van der Waals surface area contributed by atoms with Gasteiger partial charge >= 0.3 is 0 Å². The van der Waals surface area contributed by atoms with Gasteiger partial charge in [-0.3, -0.25) is 0 Å². The average Bonchev–Trinajstić information content (AvgIpc) is 2.78. The standard InChI is InChI=1S/C12H14F2O2/c13-11(14)6-7-12(15-8-9-16-12)10-4-2-1-3-5-10/h1-5,11H,6-9H2. The first-order valence-corrected chi connectivity index (χ1v) is 5.34. The topological polar surface area (TPSA) is 18.5 Å². The molecule has 0 amide bonds. The van der Waals surface area contributed by atoms with Gasteiger partial charge in [-0.15, -0.1) is 0 Å². The molecule has 1 fully saturated rings. The second kappa shape index (κ2) is 4.89. The molecule has 88 valence electrons. The molecule has 0 radical (unpaired) electrons. The van der Waals surface area contributed by atoms with Crippen LogP contribution in [0.1, 0.15) is 18.4 Å². The van der Waals surface area contributed by atoms with Crippen molar-refractivity contribution < 1.29 is 18.3 Å². The maximum Gasteiger partial charge on any atom is 0.238 e. The fourth-order valence-corrected chi connectivity index (χ4v) is 1.90. The monoisotopic (exact) mass is 228 g/mol. The molecule has 2 nitrogen and oxygen atoms in total. The lowest BCUT2D eigenvalue weighted by Gasteiger charge is -2.27. The third kappa shape index (κ3) is 2.39. The largest absolute Gasteiger partial charge is 0.343 e. The number of benzene rings is 1. The second-order valence-electron chi connectivity index (χ2n) is 3.75. The highest BCUT2D eigenvalue weighted by molar-refractivity contribution is 5.20. The van der Waals surface area contributed by atoms with Crippen LogP contribution in [0.3, 0.4) is 0 Å². The zero-order valence-corrected chi connectivity index (χ0v) is 8.86. The third-order valence-corrected chi connectivity index (χ3v) is 2.66. The van der Waals surface area contributed by atoms with Gasteiger partial charge < -0.3 is 9.47 Å². The van der Waals surface area contributed by atoms with E-state index in [0.29, 0.717) is 13.2 Å². The summed E-state index contributed by atoms with van der Waals surface area (Å²) in [7, 11) is 0. The molecule has 4 heteroatoms. The normalized spacial score (nSPS) is 19.2. The first kappa shape index (κ1) is 11.5. The molecule has 0 unspecified atom stereocenters. The molecule has 0 spiro atoms. The lowest BCUT2D eigenvalue weighted by molar-refractivity contribution is -0.175. The molecule has 2 rings (SSSR count). The van der Waals surface area contributed by atoms with Gasteiger partial charge in [-0.05, 0) is 0 Å². The minimum absolute atomic E-state index is 0.189. The van der Waals surface area contributed by atoms with Gasteiger partial charge in [-0.1, -0.05) is 30.3 Å². The van der Waals surface area contributed by atoms with Crippen LogP contribution in [-0.4, -0.2) is 19.6 Å². The molecule has 1 aromatic rings. The summed E-state index contributed by atoms with van der Waals surface area (Å²) in [5, 5.41) is 0. The summed E-state index contributed by atoms with van der Waals surface area (Å²) in [5.74, 6) is -0.961. The molecule has 0 N–H and O–H groups in total. The maximum absolute atomic E-state index is 12.3. The van der Waals surface area contributed by atoms with E-state index in [1.807, 2.05) is 30.3 Å². The van der Waals surface area contributed by atoms with Gasteiger partial charge in [0.05, 0.1) is 13.2 Å². The summed E-state index contributed by atoms with van der Waals surface area (Å²) in [6.45, 7) is 0.913. The van der Waals surface area contributed by atoms with Crippen molar-refractivity contribution in [2.24, 2.45) is 0 Å². The Morgan fingerprint density at radius 3 is 2.31 bits per heavy atom. The van der Waals surface area contributed by atoms with Gasteiger partial charge in [0.1, 0.15) is 0 Å². The van der Waals surface area contributed by atoms with Gasteiger partial charge in [-0.25, -0.2) is 8.78 Å². The van der Waals surface area contributed by atoms with Crippen LogP contribution in [0.25, 0.3) is 0 Å². The third-order valence-electron chi connectivity index (χ3n) is 2.66. The van der Waals surface area contributed by atoms with Crippen molar-refractivity contribution in [3.8, 4) is 0 Å². The van der Waals surface area contributed by atoms with Crippen LogP contribution in [0.5, 0.6) is 0 Å². The molecule has 16 heavy (non-hydrogen) atoms. The fraction of sp³-hybridized carbons (Fsp3) is 0.500. The van der Waals surface area contributed by atoms with Gasteiger partial charge in [0.25, 0.3) is 0 Å². The van der Waals surface area contributed by atoms with Crippen LogP contribution in [0.15, 0.2) is 30.3 Å². The predicted octanol–water partition coefficient (Wildman–Crippen LogP) is 2.93. The number of ether oxygens (including phenoxy) is 2. The van der Waals surface area contributed by atoms with E-state index in [1.54, 1.807) is 0 Å². The quantitative estimate of drug-likeness (QED) is 0.788. The highest BCUT2D eigenvalue weighted by Gasteiger charge is 2.38. The molecule has 0 saturated carbocycles. The molecule has 0 aromatic heterocycles. The van der Waals surface area contributed by atoms with Crippen LogP contribution < -0.4 is 0 Å². The van der Waals surface area contributed by atoms with Crippen molar-refractivity contribution in [3.63, 3.8) is 0 Å². The Hall–Kier alpha value is -1.00. The molecule has 1 aliphatic heterocycles. The van der Waals surface area contributed by atoms with Crippen molar-refractivity contribution in [2.45, 2.75) is 25.1 Å². The highest BCUT2D eigenvalue weighted by atomic mass is 19.3. The van der Waals surface area contributed by atoms with Crippen LogP contribution in [0.4, 0.5) is 8.78 Å². The van der Waals surface area contributed by atoms with Crippen LogP contribution in [-0.2, 0) is 15.3 Å². The first-order chi connectivity index (χ1) is 7.73. The molecule has 1 heterocycles. The molecule has 0 atom stereocenters. The molecule has 0 bridgehead atoms. The van der Waals surface area contributed by atoms with Gasteiger partial charge in [0, 0.05) is 18.4 Å². The van der Waals surface area contributed by atoms with Crippen LogP contribution >= 0.6 is 0 Å². The van der Waals surface area contributed by atoms with Crippen molar-refractivity contribution >= 4 is 0 Å². The minimum Gasteiger partial charge on any atom is -0.343 e. The summed E-state index contributed by atoms with van der Waals surface area (Å²) < 4.78 is 35.6. The van der Waals surface area contributed by atoms with Crippen molar-refractivity contribution in [2.75, 3.05) is 13.2 Å². The summed E-state index contributed by atoms with van der Waals surface area (Å²) >= 11 is 0. The van der Waals surface area contributed by atoms with E-state index in [-0.39, 0.29) is 12.8 Å². The lowest BCUT2D eigenvalue weighted by atomic mass is 10.0. The molecular formula is C12H14F2O2. The molecular weight excluding hydrogens is 214 g/mol. The molecule has 1 saturated heterocycles. The number of alkyl halides is 2. The van der Waals surface area contributed by atoms with E-state index in [4.69, 9.17) is 9.47 Å². The van der Waals surface area contributed by atoms with E-state index in [0.717, 1.165) is 5.56 Å². The Labute approximate surface area is 93.2 Å². The molecule has 1 aliphatic rings. The first-order valence-electron chi connectivity index (χ1n) is 5.34. The van der Waals surface area contributed by atoms with Gasteiger partial charge in [0.2, 0.25) is 6.43 Å². The fourth-order valence-electron chi connectivity index (χ4n) is 1.90. The summed E-state index contributed by atoms with van der Waals surface area (Å²) in [6.07, 6.45) is -2.35. The highest BCUT2D eigenvalue weighted by Crippen LogP contribution is 2.36. The van der Waals surface area contributed by atoms with E-state index in [9.17, 15) is 8.78 Å². The number of rotatable bonds is 4.